The number of halogens is 2. The molecule has 1 aromatic carbocycles. The number of ether oxygens (including phenoxy) is 1. The monoisotopic (exact) mass is 344 g/mol. The molecule has 0 aromatic heterocycles. The van der Waals surface area contributed by atoms with Gasteiger partial charge in [-0.15, -0.1) is 0 Å². The SMILES string of the molecule is CCCNCC1OCCN(C)C1c1ccc(F)cc1Br. The van der Waals surface area contributed by atoms with Gasteiger partial charge in [0.05, 0.1) is 18.8 Å². The van der Waals surface area contributed by atoms with E-state index in [1.165, 1.54) is 12.1 Å². The van der Waals surface area contributed by atoms with E-state index in [1.54, 1.807) is 0 Å². The Morgan fingerprint density at radius 3 is 3.00 bits per heavy atom. The van der Waals surface area contributed by atoms with Crippen LogP contribution in [-0.4, -0.2) is 44.3 Å². The van der Waals surface area contributed by atoms with Crippen molar-refractivity contribution >= 4 is 15.9 Å². The van der Waals surface area contributed by atoms with Gasteiger partial charge in [-0.05, 0) is 37.7 Å². The second kappa shape index (κ2) is 7.50. The molecule has 0 amide bonds. The Balaban J connectivity index is 2.18. The molecular weight excluding hydrogens is 323 g/mol. The summed E-state index contributed by atoms with van der Waals surface area (Å²) >= 11 is 3.48. The van der Waals surface area contributed by atoms with Crippen molar-refractivity contribution in [3.05, 3.63) is 34.1 Å². The van der Waals surface area contributed by atoms with E-state index in [4.69, 9.17) is 4.74 Å². The predicted molar refractivity (Wildman–Crippen MR) is 82.4 cm³/mol. The van der Waals surface area contributed by atoms with Crippen LogP contribution in [0.15, 0.2) is 22.7 Å². The summed E-state index contributed by atoms with van der Waals surface area (Å²) in [5.74, 6) is -0.222. The number of rotatable bonds is 5. The largest absolute Gasteiger partial charge is 0.374 e. The molecule has 1 heterocycles. The highest BCUT2D eigenvalue weighted by Crippen LogP contribution is 2.33. The number of hydrogen-bond donors (Lipinski definition) is 1. The van der Waals surface area contributed by atoms with Gasteiger partial charge in [-0.3, -0.25) is 4.90 Å². The Bertz CT molecular complexity index is 444. The molecule has 112 valence electrons. The number of nitrogens with zero attached hydrogens (tertiary/aromatic N) is 1. The highest BCUT2D eigenvalue weighted by molar-refractivity contribution is 9.10. The lowest BCUT2D eigenvalue weighted by molar-refractivity contribution is -0.0615. The first-order valence-corrected chi connectivity index (χ1v) is 7.90. The fourth-order valence-electron chi connectivity index (χ4n) is 2.63. The third-order valence-electron chi connectivity index (χ3n) is 3.66. The molecule has 5 heteroatoms. The first kappa shape index (κ1) is 15.9. The molecule has 0 bridgehead atoms. The van der Waals surface area contributed by atoms with E-state index in [-0.39, 0.29) is 18.0 Å². The van der Waals surface area contributed by atoms with Crippen LogP contribution in [0.5, 0.6) is 0 Å². The second-order valence-corrected chi connectivity index (χ2v) is 6.06. The van der Waals surface area contributed by atoms with Crippen molar-refractivity contribution in [2.24, 2.45) is 0 Å². The summed E-state index contributed by atoms with van der Waals surface area (Å²) in [7, 11) is 2.09. The lowest BCUT2D eigenvalue weighted by Gasteiger charge is -2.40. The number of benzene rings is 1. The Morgan fingerprint density at radius 2 is 2.30 bits per heavy atom. The Hall–Kier alpha value is -0.490. The van der Waals surface area contributed by atoms with Crippen molar-refractivity contribution in [3.8, 4) is 0 Å². The molecular formula is C15H22BrFN2O. The molecule has 1 N–H and O–H groups in total. The normalized spacial score (nSPS) is 24.0. The maximum absolute atomic E-state index is 13.3. The summed E-state index contributed by atoms with van der Waals surface area (Å²) in [5.41, 5.74) is 1.08. The molecule has 2 rings (SSSR count). The average Bonchev–Trinajstić information content (AvgIpc) is 2.41. The molecule has 3 nitrogen and oxygen atoms in total. The number of nitrogens with one attached hydrogen (secondary N) is 1. The quantitative estimate of drug-likeness (QED) is 0.831. The van der Waals surface area contributed by atoms with Crippen molar-refractivity contribution in [1.82, 2.24) is 10.2 Å². The van der Waals surface area contributed by atoms with Crippen LogP contribution in [0.25, 0.3) is 0 Å². The molecule has 0 spiro atoms. The Kier molecular flexibility index (Phi) is 5.96. The molecule has 2 unspecified atom stereocenters. The van der Waals surface area contributed by atoms with Gasteiger partial charge >= 0.3 is 0 Å². The molecule has 2 atom stereocenters. The van der Waals surface area contributed by atoms with Gasteiger partial charge in [-0.25, -0.2) is 4.39 Å². The number of morpholine rings is 1. The van der Waals surface area contributed by atoms with E-state index in [9.17, 15) is 4.39 Å². The first-order chi connectivity index (χ1) is 9.63. The zero-order chi connectivity index (χ0) is 14.5. The summed E-state index contributed by atoms with van der Waals surface area (Å²) in [6.45, 7) is 5.57. The van der Waals surface area contributed by atoms with Crippen LogP contribution in [0.3, 0.4) is 0 Å². The zero-order valence-corrected chi connectivity index (χ0v) is 13.6. The zero-order valence-electron chi connectivity index (χ0n) is 12.0. The van der Waals surface area contributed by atoms with Crippen LogP contribution >= 0.6 is 15.9 Å². The van der Waals surface area contributed by atoms with Gasteiger partial charge in [0, 0.05) is 17.6 Å². The van der Waals surface area contributed by atoms with Gasteiger partial charge in [0.25, 0.3) is 0 Å². The van der Waals surface area contributed by atoms with Crippen LogP contribution in [0.1, 0.15) is 24.9 Å². The van der Waals surface area contributed by atoms with Crippen LogP contribution in [0, 0.1) is 5.82 Å². The van der Waals surface area contributed by atoms with E-state index in [0.29, 0.717) is 0 Å². The predicted octanol–water partition coefficient (Wildman–Crippen LogP) is 2.96. The van der Waals surface area contributed by atoms with Gasteiger partial charge in [-0.2, -0.15) is 0 Å². The van der Waals surface area contributed by atoms with Crippen LogP contribution < -0.4 is 5.32 Å². The van der Waals surface area contributed by atoms with E-state index in [2.05, 4.69) is 40.1 Å². The smallest absolute Gasteiger partial charge is 0.124 e. The van der Waals surface area contributed by atoms with Crippen molar-refractivity contribution in [2.75, 3.05) is 33.3 Å². The third kappa shape index (κ3) is 3.79. The maximum Gasteiger partial charge on any atom is 0.124 e. The minimum Gasteiger partial charge on any atom is -0.374 e. The van der Waals surface area contributed by atoms with E-state index in [0.717, 1.165) is 42.7 Å². The minimum absolute atomic E-state index is 0.0852. The summed E-state index contributed by atoms with van der Waals surface area (Å²) in [6, 6.07) is 5.03. The van der Waals surface area contributed by atoms with Gasteiger partial charge < -0.3 is 10.1 Å². The fourth-order valence-corrected chi connectivity index (χ4v) is 3.22. The van der Waals surface area contributed by atoms with Gasteiger partial charge in [-0.1, -0.05) is 28.9 Å². The van der Waals surface area contributed by atoms with E-state index >= 15 is 0 Å². The van der Waals surface area contributed by atoms with E-state index < -0.39 is 0 Å². The maximum atomic E-state index is 13.3. The molecule has 20 heavy (non-hydrogen) atoms. The summed E-state index contributed by atoms with van der Waals surface area (Å²) in [6.07, 6.45) is 1.19. The Morgan fingerprint density at radius 1 is 1.50 bits per heavy atom. The Labute approximate surface area is 128 Å². The van der Waals surface area contributed by atoms with Crippen molar-refractivity contribution in [2.45, 2.75) is 25.5 Å². The van der Waals surface area contributed by atoms with E-state index in [1.807, 2.05) is 6.07 Å². The molecule has 0 aliphatic carbocycles. The molecule has 0 radical (unpaired) electrons. The standard InChI is InChI=1S/C15H22BrFN2O/c1-3-6-18-10-14-15(19(2)7-8-20-14)12-5-4-11(17)9-13(12)16/h4-5,9,14-15,18H,3,6-8,10H2,1-2H3. The number of likely N-dealkylation sites (N-methyl/N-ethyl adjacent to an activating group) is 1. The molecule has 1 saturated heterocycles. The number of hydrogen-bond acceptors (Lipinski definition) is 3. The minimum atomic E-state index is -0.222. The van der Waals surface area contributed by atoms with Crippen molar-refractivity contribution in [1.29, 1.82) is 0 Å². The summed E-state index contributed by atoms with van der Waals surface area (Å²) in [4.78, 5) is 2.28. The highest BCUT2D eigenvalue weighted by atomic mass is 79.9. The second-order valence-electron chi connectivity index (χ2n) is 5.20. The average molecular weight is 345 g/mol. The van der Waals surface area contributed by atoms with Gasteiger partial charge in [0.15, 0.2) is 0 Å². The molecule has 0 saturated carbocycles. The van der Waals surface area contributed by atoms with Crippen LogP contribution in [0.2, 0.25) is 0 Å². The molecule has 1 fully saturated rings. The summed E-state index contributed by atoms with van der Waals surface area (Å²) in [5, 5.41) is 3.41. The first-order valence-electron chi connectivity index (χ1n) is 7.11. The van der Waals surface area contributed by atoms with Crippen LogP contribution in [-0.2, 0) is 4.74 Å². The van der Waals surface area contributed by atoms with Gasteiger partial charge in [0.1, 0.15) is 5.82 Å². The molecule has 1 aromatic rings. The van der Waals surface area contributed by atoms with Crippen molar-refractivity contribution in [3.63, 3.8) is 0 Å². The van der Waals surface area contributed by atoms with Crippen molar-refractivity contribution < 1.29 is 9.13 Å². The fraction of sp³-hybridized carbons (Fsp3) is 0.600. The lowest BCUT2D eigenvalue weighted by atomic mass is 9.98. The van der Waals surface area contributed by atoms with Crippen LogP contribution in [0.4, 0.5) is 4.39 Å². The van der Waals surface area contributed by atoms with Gasteiger partial charge in [0.2, 0.25) is 0 Å². The molecule has 1 aliphatic heterocycles. The third-order valence-corrected chi connectivity index (χ3v) is 4.34. The lowest BCUT2D eigenvalue weighted by Crippen LogP contribution is -2.47. The topological polar surface area (TPSA) is 24.5 Å². The highest BCUT2D eigenvalue weighted by Gasteiger charge is 2.32. The molecule has 1 aliphatic rings. The summed E-state index contributed by atoms with van der Waals surface area (Å²) < 4.78 is 20.0.